The molecule has 1 saturated heterocycles. The van der Waals surface area contributed by atoms with E-state index >= 15 is 0 Å². The lowest BCUT2D eigenvalue weighted by Crippen LogP contribution is -2.51. The van der Waals surface area contributed by atoms with Crippen molar-refractivity contribution in [3.05, 3.63) is 35.9 Å². The Labute approximate surface area is 105 Å². The molecule has 0 radical (unpaired) electrons. The number of nitrogens with zero attached hydrogens (tertiary/aromatic N) is 1. The second kappa shape index (κ2) is 5.65. The van der Waals surface area contributed by atoms with Crippen molar-refractivity contribution in [1.82, 2.24) is 10.2 Å². The minimum Gasteiger partial charge on any atom is -0.307 e. The van der Waals surface area contributed by atoms with Crippen LogP contribution in [0.5, 0.6) is 0 Å². The second-order valence-electron chi connectivity index (χ2n) is 5.59. The van der Waals surface area contributed by atoms with Gasteiger partial charge in [-0.1, -0.05) is 44.2 Å². The van der Waals surface area contributed by atoms with Crippen molar-refractivity contribution in [1.29, 1.82) is 0 Å². The number of hydrogen-bond acceptors (Lipinski definition) is 2. The minimum atomic E-state index is 0.490. The summed E-state index contributed by atoms with van der Waals surface area (Å²) in [5.41, 5.74) is 1.40. The van der Waals surface area contributed by atoms with Gasteiger partial charge in [0.05, 0.1) is 0 Å². The second-order valence-corrected chi connectivity index (χ2v) is 5.59. The summed E-state index contributed by atoms with van der Waals surface area (Å²) in [7, 11) is 2.25. The molecule has 2 heteroatoms. The summed E-state index contributed by atoms with van der Waals surface area (Å²) in [5.74, 6) is 0.775. The Bertz CT molecular complexity index is 334. The number of nitrogens with one attached hydrogen (secondary N) is 1. The molecule has 2 unspecified atom stereocenters. The SMILES string of the molecule is CC(C)CC1CNC(c2ccccc2)CN1C. The topological polar surface area (TPSA) is 15.3 Å². The fraction of sp³-hybridized carbons (Fsp3) is 0.600. The molecule has 1 N–H and O–H groups in total. The molecular formula is C15H24N2. The lowest BCUT2D eigenvalue weighted by Gasteiger charge is -2.39. The molecule has 0 aliphatic carbocycles. The molecule has 1 aliphatic heterocycles. The molecule has 1 aliphatic rings. The zero-order valence-electron chi connectivity index (χ0n) is 11.2. The first kappa shape index (κ1) is 12.6. The minimum absolute atomic E-state index is 0.490. The smallest absolute Gasteiger partial charge is 0.0449 e. The summed E-state index contributed by atoms with van der Waals surface area (Å²) in [6.45, 7) is 6.82. The maximum atomic E-state index is 3.68. The molecule has 1 aromatic carbocycles. The van der Waals surface area contributed by atoms with Crippen LogP contribution in [0.2, 0.25) is 0 Å². The quantitative estimate of drug-likeness (QED) is 0.862. The predicted octanol–water partition coefficient (Wildman–Crippen LogP) is 2.68. The third kappa shape index (κ3) is 3.30. The van der Waals surface area contributed by atoms with Crippen LogP contribution in [0, 0.1) is 5.92 Å². The Morgan fingerprint density at radius 3 is 2.59 bits per heavy atom. The number of likely N-dealkylation sites (N-methyl/N-ethyl adjacent to an activating group) is 1. The first-order chi connectivity index (χ1) is 8.16. The first-order valence-corrected chi connectivity index (χ1v) is 6.65. The third-order valence-corrected chi connectivity index (χ3v) is 3.64. The van der Waals surface area contributed by atoms with E-state index in [1.54, 1.807) is 0 Å². The van der Waals surface area contributed by atoms with Crippen molar-refractivity contribution in [2.24, 2.45) is 5.92 Å². The Balaban J connectivity index is 1.95. The summed E-state index contributed by atoms with van der Waals surface area (Å²) < 4.78 is 0. The maximum absolute atomic E-state index is 3.68. The maximum Gasteiger partial charge on any atom is 0.0449 e. The van der Waals surface area contributed by atoms with Gasteiger partial charge in [0.25, 0.3) is 0 Å². The van der Waals surface area contributed by atoms with Gasteiger partial charge in [-0.3, -0.25) is 0 Å². The fourth-order valence-electron chi connectivity index (χ4n) is 2.65. The molecule has 0 amide bonds. The Kier molecular flexibility index (Phi) is 4.19. The highest BCUT2D eigenvalue weighted by Gasteiger charge is 2.26. The number of rotatable bonds is 3. The molecule has 0 spiro atoms. The van der Waals surface area contributed by atoms with Crippen LogP contribution in [0.25, 0.3) is 0 Å². The highest BCUT2D eigenvalue weighted by atomic mass is 15.2. The van der Waals surface area contributed by atoms with E-state index in [-0.39, 0.29) is 0 Å². The van der Waals surface area contributed by atoms with Gasteiger partial charge in [0.15, 0.2) is 0 Å². The molecular weight excluding hydrogens is 208 g/mol. The standard InChI is InChI=1S/C15H24N2/c1-12(2)9-14-10-16-15(11-17(14)3)13-7-5-4-6-8-13/h4-8,12,14-16H,9-11H2,1-3H3. The van der Waals surface area contributed by atoms with Gasteiger partial charge < -0.3 is 10.2 Å². The van der Waals surface area contributed by atoms with Gasteiger partial charge in [-0.25, -0.2) is 0 Å². The molecule has 94 valence electrons. The zero-order chi connectivity index (χ0) is 12.3. The van der Waals surface area contributed by atoms with E-state index in [1.807, 2.05) is 0 Å². The first-order valence-electron chi connectivity index (χ1n) is 6.65. The number of piperazine rings is 1. The van der Waals surface area contributed by atoms with Gasteiger partial charge in [0.2, 0.25) is 0 Å². The summed E-state index contributed by atoms with van der Waals surface area (Å²) in [6, 6.07) is 11.9. The van der Waals surface area contributed by atoms with Gasteiger partial charge >= 0.3 is 0 Å². The normalized spacial score (nSPS) is 26.4. The van der Waals surface area contributed by atoms with Gasteiger partial charge in [0, 0.05) is 25.2 Å². The summed E-state index contributed by atoms with van der Waals surface area (Å²) in [6.07, 6.45) is 1.28. The molecule has 1 heterocycles. The van der Waals surface area contributed by atoms with Crippen LogP contribution in [-0.4, -0.2) is 31.1 Å². The monoisotopic (exact) mass is 232 g/mol. The van der Waals surface area contributed by atoms with Gasteiger partial charge in [0.1, 0.15) is 0 Å². The van der Waals surface area contributed by atoms with E-state index in [1.165, 1.54) is 12.0 Å². The van der Waals surface area contributed by atoms with Crippen LogP contribution in [0.3, 0.4) is 0 Å². The van der Waals surface area contributed by atoms with E-state index in [0.29, 0.717) is 12.1 Å². The van der Waals surface area contributed by atoms with Crippen molar-refractivity contribution in [3.8, 4) is 0 Å². The van der Waals surface area contributed by atoms with E-state index < -0.39 is 0 Å². The third-order valence-electron chi connectivity index (χ3n) is 3.64. The predicted molar refractivity (Wildman–Crippen MR) is 73.1 cm³/mol. The Hall–Kier alpha value is -0.860. The molecule has 1 aromatic rings. The fourth-order valence-corrected chi connectivity index (χ4v) is 2.65. The van der Waals surface area contributed by atoms with Gasteiger partial charge in [-0.2, -0.15) is 0 Å². The Morgan fingerprint density at radius 2 is 2.00 bits per heavy atom. The average molecular weight is 232 g/mol. The van der Waals surface area contributed by atoms with Crippen LogP contribution in [-0.2, 0) is 0 Å². The molecule has 0 bridgehead atoms. The highest BCUT2D eigenvalue weighted by Crippen LogP contribution is 2.21. The van der Waals surface area contributed by atoms with Crippen LogP contribution >= 0.6 is 0 Å². The van der Waals surface area contributed by atoms with Crippen LogP contribution in [0.4, 0.5) is 0 Å². The van der Waals surface area contributed by atoms with Gasteiger partial charge in [-0.05, 0) is 24.9 Å². The average Bonchev–Trinajstić information content (AvgIpc) is 2.32. The van der Waals surface area contributed by atoms with E-state index in [0.717, 1.165) is 19.0 Å². The molecule has 2 rings (SSSR count). The number of hydrogen-bond donors (Lipinski definition) is 1. The van der Waals surface area contributed by atoms with Gasteiger partial charge in [-0.15, -0.1) is 0 Å². The lowest BCUT2D eigenvalue weighted by atomic mass is 9.97. The van der Waals surface area contributed by atoms with Crippen LogP contribution < -0.4 is 5.32 Å². The summed E-state index contributed by atoms with van der Waals surface area (Å²) >= 11 is 0. The van der Waals surface area contributed by atoms with E-state index in [9.17, 15) is 0 Å². The molecule has 2 atom stereocenters. The molecule has 0 aromatic heterocycles. The van der Waals surface area contributed by atoms with Crippen molar-refractivity contribution in [2.75, 3.05) is 20.1 Å². The zero-order valence-corrected chi connectivity index (χ0v) is 11.2. The van der Waals surface area contributed by atoms with Crippen molar-refractivity contribution in [3.63, 3.8) is 0 Å². The summed E-state index contributed by atoms with van der Waals surface area (Å²) in [5, 5.41) is 3.68. The highest BCUT2D eigenvalue weighted by molar-refractivity contribution is 5.20. The van der Waals surface area contributed by atoms with E-state index in [4.69, 9.17) is 0 Å². The molecule has 1 fully saturated rings. The van der Waals surface area contributed by atoms with Crippen LogP contribution in [0.1, 0.15) is 31.9 Å². The van der Waals surface area contributed by atoms with Crippen molar-refractivity contribution < 1.29 is 0 Å². The van der Waals surface area contributed by atoms with Crippen molar-refractivity contribution >= 4 is 0 Å². The van der Waals surface area contributed by atoms with Crippen molar-refractivity contribution in [2.45, 2.75) is 32.4 Å². The Morgan fingerprint density at radius 1 is 1.29 bits per heavy atom. The summed E-state index contributed by atoms with van der Waals surface area (Å²) in [4.78, 5) is 2.51. The van der Waals surface area contributed by atoms with Crippen LogP contribution in [0.15, 0.2) is 30.3 Å². The molecule has 2 nitrogen and oxygen atoms in total. The molecule has 0 saturated carbocycles. The van der Waals surface area contributed by atoms with E-state index in [2.05, 4.69) is 61.4 Å². The largest absolute Gasteiger partial charge is 0.307 e. The lowest BCUT2D eigenvalue weighted by molar-refractivity contribution is 0.145. The molecule has 17 heavy (non-hydrogen) atoms. The number of benzene rings is 1.